The number of likely N-dealkylation sites (tertiary alicyclic amines) is 1. The third-order valence-electron chi connectivity index (χ3n) is 3.83. The number of carboxylic acids is 1. The molecule has 1 saturated heterocycles. The van der Waals surface area contributed by atoms with Crippen LogP contribution in [0.5, 0.6) is 0 Å². The zero-order valence-corrected chi connectivity index (χ0v) is 10.8. The molecule has 0 amide bonds. The van der Waals surface area contributed by atoms with Crippen molar-refractivity contribution in [2.45, 2.75) is 70.9 Å². The minimum absolute atomic E-state index is 0.425. The molecule has 0 bridgehead atoms. The Morgan fingerprint density at radius 2 is 1.94 bits per heavy atom. The minimum atomic E-state index is -0.620. The minimum Gasteiger partial charge on any atom is -0.480 e. The molecular weight excluding hydrogens is 202 g/mol. The van der Waals surface area contributed by atoms with Gasteiger partial charge in [-0.3, -0.25) is 9.69 Å². The van der Waals surface area contributed by atoms with Crippen molar-refractivity contribution in [3.05, 3.63) is 0 Å². The molecule has 1 aliphatic rings. The van der Waals surface area contributed by atoms with Crippen molar-refractivity contribution >= 4 is 5.97 Å². The molecule has 0 aromatic carbocycles. The normalized spacial score (nSPS) is 22.6. The van der Waals surface area contributed by atoms with E-state index in [2.05, 4.69) is 25.7 Å². The highest BCUT2D eigenvalue weighted by Gasteiger charge is 2.45. The average molecular weight is 227 g/mol. The van der Waals surface area contributed by atoms with Crippen LogP contribution in [0.25, 0.3) is 0 Å². The predicted molar refractivity (Wildman–Crippen MR) is 65.6 cm³/mol. The summed E-state index contributed by atoms with van der Waals surface area (Å²) in [5.41, 5.74) is -0.598. The molecule has 3 nitrogen and oxygen atoms in total. The van der Waals surface area contributed by atoms with E-state index in [-0.39, 0.29) is 0 Å². The maximum atomic E-state index is 11.7. The Bertz CT molecular complexity index is 234. The lowest BCUT2D eigenvalue weighted by molar-refractivity contribution is -0.153. The van der Waals surface area contributed by atoms with Crippen molar-refractivity contribution in [2.24, 2.45) is 0 Å². The van der Waals surface area contributed by atoms with E-state index in [4.69, 9.17) is 0 Å². The van der Waals surface area contributed by atoms with Gasteiger partial charge in [0.1, 0.15) is 5.54 Å². The zero-order chi connectivity index (χ0) is 12.2. The SMILES string of the molecule is CCCC(CCC)(C(=O)O)N1CCCC1C. The van der Waals surface area contributed by atoms with E-state index < -0.39 is 11.5 Å². The van der Waals surface area contributed by atoms with Gasteiger partial charge in [-0.05, 0) is 39.2 Å². The highest BCUT2D eigenvalue weighted by atomic mass is 16.4. The van der Waals surface area contributed by atoms with E-state index in [1.54, 1.807) is 0 Å². The lowest BCUT2D eigenvalue weighted by atomic mass is 9.86. The largest absolute Gasteiger partial charge is 0.480 e. The molecule has 0 aromatic rings. The highest BCUT2D eigenvalue weighted by molar-refractivity contribution is 5.78. The topological polar surface area (TPSA) is 40.5 Å². The van der Waals surface area contributed by atoms with Crippen molar-refractivity contribution in [1.82, 2.24) is 4.90 Å². The lowest BCUT2D eigenvalue weighted by Crippen LogP contribution is -2.55. The van der Waals surface area contributed by atoms with E-state index in [0.29, 0.717) is 6.04 Å². The van der Waals surface area contributed by atoms with Gasteiger partial charge in [0.25, 0.3) is 0 Å². The molecule has 0 radical (unpaired) electrons. The summed E-state index contributed by atoms with van der Waals surface area (Å²) in [6, 6.07) is 0.425. The van der Waals surface area contributed by atoms with Crippen molar-refractivity contribution < 1.29 is 9.90 Å². The van der Waals surface area contributed by atoms with Gasteiger partial charge in [-0.1, -0.05) is 26.7 Å². The monoisotopic (exact) mass is 227 g/mol. The van der Waals surface area contributed by atoms with Gasteiger partial charge in [-0.15, -0.1) is 0 Å². The fourth-order valence-corrected chi connectivity index (χ4v) is 3.15. The number of nitrogens with zero attached hydrogens (tertiary/aromatic N) is 1. The molecule has 3 heteroatoms. The third-order valence-corrected chi connectivity index (χ3v) is 3.83. The Morgan fingerprint density at radius 1 is 1.38 bits per heavy atom. The van der Waals surface area contributed by atoms with Crippen LogP contribution in [0.3, 0.4) is 0 Å². The van der Waals surface area contributed by atoms with Crippen LogP contribution in [-0.2, 0) is 4.79 Å². The van der Waals surface area contributed by atoms with Gasteiger partial charge in [-0.2, -0.15) is 0 Å². The molecule has 1 fully saturated rings. The first-order chi connectivity index (χ1) is 7.58. The second-order valence-electron chi connectivity index (χ2n) is 5.02. The Labute approximate surface area is 98.8 Å². The summed E-state index contributed by atoms with van der Waals surface area (Å²) in [6.07, 6.45) is 5.72. The summed E-state index contributed by atoms with van der Waals surface area (Å²) in [7, 11) is 0. The molecule has 0 aromatic heterocycles. The smallest absolute Gasteiger partial charge is 0.324 e. The van der Waals surface area contributed by atoms with Crippen LogP contribution in [-0.4, -0.2) is 34.1 Å². The molecular formula is C13H25NO2. The number of aliphatic carboxylic acids is 1. The standard InChI is InChI=1S/C13H25NO2/c1-4-8-13(9-5-2,12(15)16)14-10-6-7-11(14)3/h11H,4-10H2,1-3H3,(H,15,16). The second-order valence-corrected chi connectivity index (χ2v) is 5.02. The van der Waals surface area contributed by atoms with Crippen molar-refractivity contribution in [1.29, 1.82) is 0 Å². The van der Waals surface area contributed by atoms with Crippen molar-refractivity contribution in [3.63, 3.8) is 0 Å². The van der Waals surface area contributed by atoms with Gasteiger partial charge in [0, 0.05) is 6.04 Å². The summed E-state index contributed by atoms with van der Waals surface area (Å²) in [5.74, 6) is -0.620. The fourth-order valence-electron chi connectivity index (χ4n) is 3.15. The Morgan fingerprint density at radius 3 is 2.25 bits per heavy atom. The second kappa shape index (κ2) is 5.67. The number of carboxylic acid groups (broad SMARTS) is 1. The van der Waals surface area contributed by atoms with Crippen LogP contribution in [0.1, 0.15) is 59.3 Å². The molecule has 0 aliphatic carbocycles. The molecule has 16 heavy (non-hydrogen) atoms. The zero-order valence-electron chi connectivity index (χ0n) is 10.8. The van der Waals surface area contributed by atoms with E-state index in [9.17, 15) is 9.90 Å². The van der Waals surface area contributed by atoms with Crippen LogP contribution >= 0.6 is 0 Å². The van der Waals surface area contributed by atoms with Crippen LogP contribution in [0, 0.1) is 0 Å². The Balaban J connectivity index is 2.94. The van der Waals surface area contributed by atoms with E-state index in [1.807, 2.05) is 0 Å². The first-order valence-corrected chi connectivity index (χ1v) is 6.58. The fraction of sp³-hybridized carbons (Fsp3) is 0.923. The predicted octanol–water partition coefficient (Wildman–Crippen LogP) is 2.89. The summed E-state index contributed by atoms with van der Waals surface area (Å²) in [4.78, 5) is 13.9. The van der Waals surface area contributed by atoms with Gasteiger partial charge in [0.2, 0.25) is 0 Å². The van der Waals surface area contributed by atoms with Crippen LogP contribution in [0.15, 0.2) is 0 Å². The summed E-state index contributed by atoms with van der Waals surface area (Å²) >= 11 is 0. The maximum Gasteiger partial charge on any atom is 0.324 e. The first-order valence-electron chi connectivity index (χ1n) is 6.58. The number of carbonyl (C=O) groups is 1. The molecule has 1 heterocycles. The molecule has 1 atom stereocenters. The summed E-state index contributed by atoms with van der Waals surface area (Å²) < 4.78 is 0. The van der Waals surface area contributed by atoms with Crippen LogP contribution in [0.4, 0.5) is 0 Å². The quantitative estimate of drug-likeness (QED) is 0.758. The molecule has 1 N–H and O–H groups in total. The van der Waals surface area contributed by atoms with Crippen molar-refractivity contribution in [2.75, 3.05) is 6.54 Å². The molecule has 0 spiro atoms. The van der Waals surface area contributed by atoms with Crippen LogP contribution < -0.4 is 0 Å². The molecule has 0 saturated carbocycles. The number of hydrogen-bond acceptors (Lipinski definition) is 2. The summed E-state index contributed by atoms with van der Waals surface area (Å²) in [5, 5.41) is 9.62. The molecule has 1 aliphatic heterocycles. The summed E-state index contributed by atoms with van der Waals surface area (Å²) in [6.45, 7) is 7.27. The Hall–Kier alpha value is -0.570. The number of rotatable bonds is 6. The maximum absolute atomic E-state index is 11.7. The lowest BCUT2D eigenvalue weighted by Gasteiger charge is -2.41. The van der Waals surface area contributed by atoms with E-state index >= 15 is 0 Å². The van der Waals surface area contributed by atoms with Crippen LogP contribution in [0.2, 0.25) is 0 Å². The molecule has 1 unspecified atom stereocenters. The van der Waals surface area contributed by atoms with Gasteiger partial charge in [-0.25, -0.2) is 0 Å². The van der Waals surface area contributed by atoms with Gasteiger partial charge >= 0.3 is 5.97 Å². The molecule has 94 valence electrons. The average Bonchev–Trinajstić information content (AvgIpc) is 2.64. The molecule has 1 rings (SSSR count). The third kappa shape index (κ3) is 2.40. The van der Waals surface area contributed by atoms with Gasteiger partial charge in [0.05, 0.1) is 0 Å². The van der Waals surface area contributed by atoms with E-state index in [0.717, 1.165) is 45.1 Å². The van der Waals surface area contributed by atoms with Crippen molar-refractivity contribution in [3.8, 4) is 0 Å². The number of hydrogen-bond donors (Lipinski definition) is 1. The Kier molecular flexibility index (Phi) is 4.78. The highest BCUT2D eigenvalue weighted by Crippen LogP contribution is 2.34. The van der Waals surface area contributed by atoms with Gasteiger partial charge < -0.3 is 5.11 Å². The van der Waals surface area contributed by atoms with E-state index in [1.165, 1.54) is 0 Å². The first kappa shape index (κ1) is 13.5. The van der Waals surface area contributed by atoms with Gasteiger partial charge in [0.15, 0.2) is 0 Å².